The van der Waals surface area contributed by atoms with Crippen LogP contribution in [-0.4, -0.2) is 19.5 Å². The molecule has 0 atom stereocenters. The van der Waals surface area contributed by atoms with Gasteiger partial charge in [-0.25, -0.2) is 4.98 Å². The van der Waals surface area contributed by atoms with Gasteiger partial charge in [-0.3, -0.25) is 4.57 Å². The van der Waals surface area contributed by atoms with E-state index in [9.17, 15) is 0 Å². The highest BCUT2D eigenvalue weighted by Crippen LogP contribution is 2.51. The molecule has 11 rings (SSSR count). The summed E-state index contributed by atoms with van der Waals surface area (Å²) in [5, 5.41) is 7.14. The van der Waals surface area contributed by atoms with Gasteiger partial charge in [0.15, 0.2) is 11.6 Å². The third-order valence-corrected chi connectivity index (χ3v) is 11.4. The predicted molar refractivity (Wildman–Crippen MR) is 223 cm³/mol. The molecule has 1 aliphatic carbocycles. The first-order valence-electron chi connectivity index (χ1n) is 18.5. The lowest BCUT2D eigenvalue weighted by Gasteiger charge is -2.21. The maximum Gasteiger partial charge on any atom is 0.238 e. The molecular weight excluding hydrogens is 657 g/mol. The Balaban J connectivity index is 1.31. The van der Waals surface area contributed by atoms with Crippen molar-refractivity contribution in [1.29, 1.82) is 0 Å². The van der Waals surface area contributed by atoms with E-state index in [1.165, 1.54) is 43.8 Å². The van der Waals surface area contributed by atoms with Crippen molar-refractivity contribution in [3.05, 3.63) is 181 Å². The Morgan fingerprint density at radius 2 is 0.926 bits per heavy atom. The standard InChI is InChI=1S/C50H34N4/c1-50(2)42-27-14-13-22-37(42)41-30-33(28-29-43(41)50)34-25-15-26-40-44-38-23-11-9-20-35(38)36-21-10-12-24-39(36)46(44)54(45(34)40)49-52-47(31-16-5-3-6-17-31)51-48(53-49)32-18-7-4-8-19-32/h3-30H,1-2H3. The summed E-state index contributed by atoms with van der Waals surface area (Å²) >= 11 is 0. The van der Waals surface area contributed by atoms with Gasteiger partial charge in [0.05, 0.1) is 11.0 Å². The van der Waals surface area contributed by atoms with Crippen LogP contribution in [0, 0.1) is 0 Å². The van der Waals surface area contributed by atoms with E-state index in [0.717, 1.165) is 44.1 Å². The summed E-state index contributed by atoms with van der Waals surface area (Å²) in [6, 6.07) is 60.6. The van der Waals surface area contributed by atoms with E-state index in [2.05, 4.69) is 152 Å². The van der Waals surface area contributed by atoms with Crippen LogP contribution in [0.25, 0.3) is 94.3 Å². The second-order valence-corrected chi connectivity index (χ2v) is 14.8. The van der Waals surface area contributed by atoms with E-state index < -0.39 is 0 Å². The van der Waals surface area contributed by atoms with Crippen molar-refractivity contribution in [3.63, 3.8) is 0 Å². The zero-order valence-corrected chi connectivity index (χ0v) is 30.0. The minimum Gasteiger partial charge on any atom is -0.277 e. The van der Waals surface area contributed by atoms with Crippen molar-refractivity contribution >= 4 is 43.4 Å². The van der Waals surface area contributed by atoms with Crippen molar-refractivity contribution in [2.75, 3.05) is 0 Å². The van der Waals surface area contributed by atoms with Crippen molar-refractivity contribution in [2.24, 2.45) is 0 Å². The van der Waals surface area contributed by atoms with Gasteiger partial charge in [0.2, 0.25) is 5.95 Å². The fourth-order valence-corrected chi connectivity index (χ4v) is 8.94. The van der Waals surface area contributed by atoms with Gasteiger partial charge in [0, 0.05) is 38.3 Å². The van der Waals surface area contributed by atoms with E-state index in [1.54, 1.807) is 0 Å². The fraction of sp³-hybridized carbons (Fsp3) is 0.0600. The first-order valence-corrected chi connectivity index (χ1v) is 18.5. The van der Waals surface area contributed by atoms with Crippen LogP contribution in [0.2, 0.25) is 0 Å². The maximum absolute atomic E-state index is 5.34. The molecule has 4 nitrogen and oxygen atoms in total. The molecule has 0 amide bonds. The van der Waals surface area contributed by atoms with Crippen molar-refractivity contribution in [3.8, 4) is 51.0 Å². The van der Waals surface area contributed by atoms with Gasteiger partial charge in [0.25, 0.3) is 0 Å². The lowest BCUT2D eigenvalue weighted by Crippen LogP contribution is -2.14. The number of benzene rings is 8. The smallest absolute Gasteiger partial charge is 0.238 e. The number of aromatic nitrogens is 4. The van der Waals surface area contributed by atoms with E-state index in [1.807, 2.05) is 36.4 Å². The van der Waals surface area contributed by atoms with Crippen LogP contribution in [-0.2, 0) is 5.41 Å². The second-order valence-electron chi connectivity index (χ2n) is 14.8. The van der Waals surface area contributed by atoms with Crippen LogP contribution in [0.1, 0.15) is 25.0 Å². The summed E-state index contributed by atoms with van der Waals surface area (Å²) < 4.78 is 2.32. The molecule has 0 spiro atoms. The highest BCUT2D eigenvalue weighted by atomic mass is 15.2. The first kappa shape index (κ1) is 30.7. The summed E-state index contributed by atoms with van der Waals surface area (Å²) in [6.45, 7) is 4.67. The molecule has 8 aromatic carbocycles. The lowest BCUT2D eigenvalue weighted by molar-refractivity contribution is 0.660. The monoisotopic (exact) mass is 690 g/mol. The van der Waals surface area contributed by atoms with Gasteiger partial charge < -0.3 is 0 Å². The van der Waals surface area contributed by atoms with Crippen LogP contribution in [0.15, 0.2) is 170 Å². The van der Waals surface area contributed by atoms with Crippen molar-refractivity contribution in [1.82, 2.24) is 19.5 Å². The van der Waals surface area contributed by atoms with Crippen LogP contribution >= 0.6 is 0 Å². The third-order valence-electron chi connectivity index (χ3n) is 11.4. The normalized spacial score (nSPS) is 13.1. The average molecular weight is 691 g/mol. The van der Waals surface area contributed by atoms with Crippen molar-refractivity contribution in [2.45, 2.75) is 19.3 Å². The maximum atomic E-state index is 5.34. The number of para-hydroxylation sites is 1. The third kappa shape index (κ3) is 4.40. The highest BCUT2D eigenvalue weighted by molar-refractivity contribution is 6.33. The molecule has 0 fully saturated rings. The number of hydrogen-bond acceptors (Lipinski definition) is 3. The summed E-state index contributed by atoms with van der Waals surface area (Å²) in [7, 11) is 0. The summed E-state index contributed by atoms with van der Waals surface area (Å²) in [5.41, 5.74) is 11.6. The van der Waals surface area contributed by atoms with Gasteiger partial charge in [-0.1, -0.05) is 178 Å². The molecule has 1 aliphatic rings. The molecule has 0 N–H and O–H groups in total. The van der Waals surface area contributed by atoms with E-state index in [4.69, 9.17) is 15.0 Å². The zero-order valence-electron chi connectivity index (χ0n) is 30.0. The lowest BCUT2D eigenvalue weighted by atomic mass is 9.82. The largest absolute Gasteiger partial charge is 0.277 e. The molecule has 0 radical (unpaired) electrons. The fourth-order valence-electron chi connectivity index (χ4n) is 8.94. The zero-order chi connectivity index (χ0) is 36.0. The van der Waals surface area contributed by atoms with Crippen LogP contribution in [0.3, 0.4) is 0 Å². The second kappa shape index (κ2) is 11.5. The molecule has 0 unspecified atom stereocenters. The average Bonchev–Trinajstić information content (AvgIpc) is 3.71. The predicted octanol–water partition coefficient (Wildman–Crippen LogP) is 12.6. The Morgan fingerprint density at radius 1 is 0.389 bits per heavy atom. The van der Waals surface area contributed by atoms with Gasteiger partial charge in [0.1, 0.15) is 0 Å². The molecule has 54 heavy (non-hydrogen) atoms. The molecule has 254 valence electrons. The Hall–Kier alpha value is -6.91. The van der Waals surface area contributed by atoms with Gasteiger partial charge in [-0.2, -0.15) is 9.97 Å². The van der Waals surface area contributed by atoms with Gasteiger partial charge in [-0.05, 0) is 50.0 Å². The molecule has 4 heteroatoms. The first-order chi connectivity index (χ1) is 26.6. The Bertz CT molecular complexity index is 3060. The molecular formula is C50H34N4. The molecule has 2 heterocycles. The topological polar surface area (TPSA) is 43.6 Å². The molecule has 2 aromatic heterocycles. The van der Waals surface area contributed by atoms with E-state index in [0.29, 0.717) is 17.6 Å². The number of hydrogen-bond donors (Lipinski definition) is 0. The number of fused-ring (bicyclic) bond motifs is 11. The van der Waals surface area contributed by atoms with Crippen LogP contribution in [0.5, 0.6) is 0 Å². The van der Waals surface area contributed by atoms with Gasteiger partial charge in [-0.15, -0.1) is 0 Å². The highest BCUT2D eigenvalue weighted by Gasteiger charge is 2.35. The van der Waals surface area contributed by atoms with Crippen molar-refractivity contribution < 1.29 is 0 Å². The SMILES string of the molecule is CC1(C)c2ccccc2-c2cc(-c3cccc4c5c6ccccc6c6ccccc6c5n(-c5nc(-c6ccccc6)nc(-c6ccccc6)n5)c34)ccc21. The van der Waals surface area contributed by atoms with Crippen LogP contribution in [0.4, 0.5) is 0 Å². The molecule has 0 aliphatic heterocycles. The van der Waals surface area contributed by atoms with Crippen LogP contribution < -0.4 is 0 Å². The molecule has 0 saturated heterocycles. The molecule has 0 saturated carbocycles. The number of nitrogens with zero attached hydrogens (tertiary/aromatic N) is 4. The Morgan fingerprint density at radius 3 is 1.63 bits per heavy atom. The Labute approximate surface area is 313 Å². The molecule has 0 bridgehead atoms. The van der Waals surface area contributed by atoms with Gasteiger partial charge >= 0.3 is 0 Å². The summed E-state index contributed by atoms with van der Waals surface area (Å²) in [6.07, 6.45) is 0. The minimum absolute atomic E-state index is 0.0737. The summed E-state index contributed by atoms with van der Waals surface area (Å²) in [4.78, 5) is 15.8. The van der Waals surface area contributed by atoms with E-state index >= 15 is 0 Å². The quantitative estimate of drug-likeness (QED) is 0.173. The van der Waals surface area contributed by atoms with E-state index in [-0.39, 0.29) is 5.41 Å². The molecule has 10 aromatic rings. The minimum atomic E-state index is -0.0737. The number of rotatable bonds is 4. The summed E-state index contributed by atoms with van der Waals surface area (Å²) in [5.74, 6) is 1.85. The Kier molecular flexibility index (Phi) is 6.56.